The monoisotopic (exact) mass is 521 g/mol. The molecule has 1 fully saturated rings. The smallest absolute Gasteiger partial charge is 0.268 e. The number of aliphatic hydroxyl groups is 1. The molecular formula is C25H39N5O5S. The zero-order valence-corrected chi connectivity index (χ0v) is 22.4. The fraction of sp³-hybridized carbons (Fsp3) is 0.640. The number of hydrogen-bond acceptors (Lipinski definition) is 8. The van der Waals surface area contributed by atoms with E-state index in [2.05, 4.69) is 22.0 Å². The topological polar surface area (TPSA) is 106 Å². The van der Waals surface area contributed by atoms with Gasteiger partial charge in [-0.15, -0.1) is 0 Å². The molecule has 1 aromatic carbocycles. The van der Waals surface area contributed by atoms with Gasteiger partial charge in [0.05, 0.1) is 24.2 Å². The number of rotatable bonds is 10. The minimum absolute atomic E-state index is 0.134. The fourth-order valence-corrected chi connectivity index (χ4v) is 6.84. The van der Waals surface area contributed by atoms with Crippen LogP contribution in [0.3, 0.4) is 0 Å². The molecule has 10 nitrogen and oxygen atoms in total. The van der Waals surface area contributed by atoms with E-state index in [-0.39, 0.29) is 17.4 Å². The van der Waals surface area contributed by atoms with Crippen LogP contribution in [0.2, 0.25) is 0 Å². The van der Waals surface area contributed by atoms with E-state index < -0.39 is 16.1 Å². The Kier molecular flexibility index (Phi) is 8.56. The van der Waals surface area contributed by atoms with Crippen molar-refractivity contribution in [3.63, 3.8) is 0 Å². The van der Waals surface area contributed by atoms with Crippen molar-refractivity contribution in [1.29, 1.82) is 0 Å². The minimum atomic E-state index is -3.71. The van der Waals surface area contributed by atoms with Gasteiger partial charge in [0.15, 0.2) is 0 Å². The molecule has 1 unspecified atom stereocenters. The molecule has 0 bridgehead atoms. The Hall–Kier alpha value is -2.18. The average molecular weight is 522 g/mol. The molecule has 4 rings (SSSR count). The lowest BCUT2D eigenvalue weighted by molar-refractivity contribution is -0.118. The van der Waals surface area contributed by atoms with Gasteiger partial charge in [-0.25, -0.2) is 8.42 Å². The maximum atomic E-state index is 13.6. The van der Waals surface area contributed by atoms with Crippen LogP contribution < -0.4 is 10.1 Å². The summed E-state index contributed by atoms with van der Waals surface area (Å²) in [5.41, 5.74) is 2.29. The van der Waals surface area contributed by atoms with E-state index in [4.69, 9.17) is 9.84 Å². The second-order valence-electron chi connectivity index (χ2n) is 9.63. The molecule has 200 valence electrons. The highest BCUT2D eigenvalue weighted by Gasteiger charge is 2.40. The number of likely N-dealkylation sites (N-methyl/N-ethyl adjacent to an activating group) is 1. The number of aliphatic hydroxyl groups excluding tert-OH is 1. The Bertz CT molecular complexity index is 1080. The molecule has 0 aliphatic carbocycles. The lowest BCUT2D eigenvalue weighted by atomic mass is 9.97. The van der Waals surface area contributed by atoms with E-state index in [0.29, 0.717) is 69.4 Å². The van der Waals surface area contributed by atoms with Crippen LogP contribution in [0.1, 0.15) is 38.3 Å². The average Bonchev–Trinajstić information content (AvgIpc) is 3.20. The van der Waals surface area contributed by atoms with Crippen LogP contribution >= 0.6 is 0 Å². The number of ether oxygens (including phenoxy) is 1. The zero-order chi connectivity index (χ0) is 25.9. The highest BCUT2D eigenvalue weighted by Crippen LogP contribution is 2.39. The number of hydrogen-bond donors (Lipinski definition) is 2. The van der Waals surface area contributed by atoms with Gasteiger partial charge in [0, 0.05) is 58.5 Å². The Morgan fingerprint density at radius 1 is 1.11 bits per heavy atom. The SMILES string of the molecule is CCCN1CC2=C(C(=O)NC2c2cc(S(=O)(=O)N3CCN(CCCO)CC3)ccc2OCC)N(C)C1. The van der Waals surface area contributed by atoms with Crippen LogP contribution in [-0.4, -0.2) is 111 Å². The van der Waals surface area contributed by atoms with E-state index in [0.717, 1.165) is 25.1 Å². The summed E-state index contributed by atoms with van der Waals surface area (Å²) < 4.78 is 34.6. The summed E-state index contributed by atoms with van der Waals surface area (Å²) in [6, 6.07) is 4.55. The van der Waals surface area contributed by atoms with Crippen molar-refractivity contribution in [2.45, 2.75) is 37.6 Å². The lowest BCUT2D eigenvalue weighted by Crippen LogP contribution is -2.48. The number of amides is 1. The van der Waals surface area contributed by atoms with E-state index in [9.17, 15) is 13.2 Å². The summed E-state index contributed by atoms with van der Waals surface area (Å²) in [5, 5.41) is 12.2. The van der Waals surface area contributed by atoms with Crippen LogP contribution in [0, 0.1) is 0 Å². The molecule has 0 aromatic heterocycles. The van der Waals surface area contributed by atoms with Crippen LogP contribution in [0.25, 0.3) is 0 Å². The summed E-state index contributed by atoms with van der Waals surface area (Å²) in [6.45, 7) is 9.69. The third-order valence-corrected chi connectivity index (χ3v) is 8.96. The predicted molar refractivity (Wildman–Crippen MR) is 137 cm³/mol. The molecule has 1 aromatic rings. The van der Waals surface area contributed by atoms with Crippen LogP contribution in [0.15, 0.2) is 34.4 Å². The molecule has 3 aliphatic rings. The van der Waals surface area contributed by atoms with E-state index in [1.165, 1.54) is 4.31 Å². The Morgan fingerprint density at radius 3 is 2.53 bits per heavy atom. The number of nitrogens with zero attached hydrogens (tertiary/aromatic N) is 4. The van der Waals surface area contributed by atoms with Gasteiger partial charge in [-0.2, -0.15) is 4.31 Å². The van der Waals surface area contributed by atoms with Crippen molar-refractivity contribution >= 4 is 15.9 Å². The highest BCUT2D eigenvalue weighted by atomic mass is 32.2. The molecule has 11 heteroatoms. The molecule has 1 saturated heterocycles. The first-order valence-corrected chi connectivity index (χ1v) is 14.3. The molecular weight excluding hydrogens is 482 g/mol. The summed E-state index contributed by atoms with van der Waals surface area (Å²) in [7, 11) is -1.79. The van der Waals surface area contributed by atoms with E-state index in [1.54, 1.807) is 18.2 Å². The van der Waals surface area contributed by atoms with Crippen molar-refractivity contribution in [2.24, 2.45) is 0 Å². The summed E-state index contributed by atoms with van der Waals surface area (Å²) in [4.78, 5) is 19.6. The van der Waals surface area contributed by atoms with E-state index in [1.807, 2.05) is 18.9 Å². The fourth-order valence-electron chi connectivity index (χ4n) is 5.38. The molecule has 3 aliphatic heterocycles. The second kappa shape index (κ2) is 11.5. The number of benzene rings is 1. The Balaban J connectivity index is 1.64. The number of carbonyl (C=O) groups is 1. The van der Waals surface area contributed by atoms with Crippen molar-refractivity contribution in [1.82, 2.24) is 24.3 Å². The second-order valence-corrected chi connectivity index (χ2v) is 11.6. The number of sulfonamides is 1. The lowest BCUT2D eigenvalue weighted by Gasteiger charge is -2.35. The van der Waals surface area contributed by atoms with Crippen molar-refractivity contribution in [2.75, 3.05) is 72.7 Å². The molecule has 36 heavy (non-hydrogen) atoms. The van der Waals surface area contributed by atoms with E-state index >= 15 is 0 Å². The van der Waals surface area contributed by atoms with Gasteiger partial charge < -0.3 is 25.0 Å². The maximum Gasteiger partial charge on any atom is 0.268 e. The first-order chi connectivity index (χ1) is 17.3. The summed E-state index contributed by atoms with van der Waals surface area (Å²) in [5.74, 6) is 0.447. The Morgan fingerprint density at radius 2 is 1.86 bits per heavy atom. The van der Waals surface area contributed by atoms with Gasteiger partial charge >= 0.3 is 0 Å². The van der Waals surface area contributed by atoms with Crippen LogP contribution in [0.4, 0.5) is 0 Å². The van der Waals surface area contributed by atoms with Crippen LogP contribution in [-0.2, 0) is 14.8 Å². The number of carbonyl (C=O) groups excluding carboxylic acids is 1. The van der Waals surface area contributed by atoms with Crippen molar-refractivity contribution < 1.29 is 23.1 Å². The number of nitrogens with one attached hydrogen (secondary N) is 1. The molecule has 2 N–H and O–H groups in total. The Labute approximate surface area is 214 Å². The van der Waals surface area contributed by atoms with Gasteiger partial charge in [-0.1, -0.05) is 6.92 Å². The third kappa shape index (κ3) is 5.40. The standard InChI is InChI=1S/C25H39N5O5S/c1-4-9-29-17-21-23(26-25(32)24(21)27(3)18-29)20-16-19(7-8-22(20)35-5-2)36(33,34)30-13-11-28(12-14-30)10-6-15-31/h7-8,16,23,31H,4-6,9-15,17-18H2,1-3H3,(H,26,32). The summed E-state index contributed by atoms with van der Waals surface area (Å²) in [6.07, 6.45) is 1.69. The minimum Gasteiger partial charge on any atom is -0.494 e. The molecule has 1 amide bonds. The molecule has 0 spiro atoms. The molecule has 0 radical (unpaired) electrons. The van der Waals surface area contributed by atoms with Gasteiger partial charge in [0.1, 0.15) is 11.4 Å². The first kappa shape index (κ1) is 26.9. The van der Waals surface area contributed by atoms with Gasteiger partial charge in [0.2, 0.25) is 10.0 Å². The normalized spacial score (nSPS) is 22.2. The van der Waals surface area contributed by atoms with Gasteiger partial charge in [-0.05, 0) is 50.1 Å². The first-order valence-electron chi connectivity index (χ1n) is 12.9. The van der Waals surface area contributed by atoms with Crippen molar-refractivity contribution in [3.05, 3.63) is 35.0 Å². The maximum absolute atomic E-state index is 13.6. The number of piperazine rings is 1. The highest BCUT2D eigenvalue weighted by molar-refractivity contribution is 7.89. The molecule has 0 saturated carbocycles. The largest absolute Gasteiger partial charge is 0.494 e. The van der Waals surface area contributed by atoms with Gasteiger partial charge in [-0.3, -0.25) is 9.69 Å². The molecule has 3 heterocycles. The molecule has 1 atom stereocenters. The third-order valence-electron chi connectivity index (χ3n) is 7.06. The zero-order valence-electron chi connectivity index (χ0n) is 21.6. The van der Waals surface area contributed by atoms with Crippen molar-refractivity contribution in [3.8, 4) is 5.75 Å². The van der Waals surface area contributed by atoms with Crippen LogP contribution in [0.5, 0.6) is 5.75 Å². The quantitative estimate of drug-likeness (QED) is 0.466. The van der Waals surface area contributed by atoms with Gasteiger partial charge in [0.25, 0.3) is 5.91 Å². The predicted octanol–water partition coefficient (Wildman–Crippen LogP) is 0.814. The summed E-state index contributed by atoms with van der Waals surface area (Å²) >= 11 is 0.